The molecule has 2 N–H and O–H groups in total. The molecule has 29 heavy (non-hydrogen) atoms. The fourth-order valence-electron chi connectivity index (χ4n) is 4.31. The Morgan fingerprint density at radius 1 is 1.00 bits per heavy atom. The van der Waals surface area contributed by atoms with Crippen molar-refractivity contribution in [2.75, 3.05) is 10.7 Å². The topological polar surface area (TPSA) is 71.8 Å². The van der Waals surface area contributed by atoms with Gasteiger partial charge in [0.2, 0.25) is 11.1 Å². The van der Waals surface area contributed by atoms with Crippen LogP contribution in [0.25, 0.3) is 11.4 Å². The van der Waals surface area contributed by atoms with Gasteiger partial charge in [0.25, 0.3) is 0 Å². The van der Waals surface area contributed by atoms with Crippen molar-refractivity contribution in [1.29, 1.82) is 0 Å². The zero-order valence-electron chi connectivity index (χ0n) is 16.0. The van der Waals surface area contributed by atoms with Gasteiger partial charge in [-0.1, -0.05) is 79.6 Å². The maximum absolute atomic E-state index is 13.3. The number of benzene rings is 2. The second kappa shape index (κ2) is 7.55. The fraction of sp³-hybridized carbons (Fsp3) is 0.318. The highest BCUT2D eigenvalue weighted by Crippen LogP contribution is 2.44. The summed E-state index contributed by atoms with van der Waals surface area (Å²) in [5.41, 5.74) is 5.21. The van der Waals surface area contributed by atoms with Gasteiger partial charge in [0.15, 0.2) is 5.82 Å². The Morgan fingerprint density at radius 2 is 1.69 bits per heavy atom. The van der Waals surface area contributed by atoms with Crippen LogP contribution in [0.15, 0.2) is 65.8 Å². The standard InChI is InChI=1S/C22H23N5OS/c28-20(23-17-12-6-2-7-13-17)18-22(14-8-3-9-15-22)26-27-19(24-25-21(27)29-18)16-10-4-1-5-11-16/h1-2,4-7,10-13,18,26H,3,8-9,14-15H2,(H,23,28)/t18-/m0/s1. The molecule has 5 rings (SSSR count). The summed E-state index contributed by atoms with van der Waals surface area (Å²) < 4.78 is 1.98. The third-order valence-electron chi connectivity index (χ3n) is 5.75. The van der Waals surface area contributed by atoms with Crippen molar-refractivity contribution in [3.05, 3.63) is 60.7 Å². The minimum atomic E-state index is -0.305. The molecule has 2 heterocycles. The maximum atomic E-state index is 13.3. The zero-order valence-corrected chi connectivity index (χ0v) is 16.9. The Morgan fingerprint density at radius 3 is 2.41 bits per heavy atom. The lowest BCUT2D eigenvalue weighted by Crippen LogP contribution is -2.59. The first-order valence-electron chi connectivity index (χ1n) is 10.1. The smallest absolute Gasteiger partial charge is 0.240 e. The number of anilines is 1. The molecule has 1 amide bonds. The molecule has 1 aromatic heterocycles. The maximum Gasteiger partial charge on any atom is 0.240 e. The summed E-state index contributed by atoms with van der Waals surface area (Å²) in [5, 5.41) is 12.4. The quantitative estimate of drug-likeness (QED) is 0.680. The van der Waals surface area contributed by atoms with Crippen LogP contribution in [0.4, 0.5) is 5.69 Å². The molecule has 1 aliphatic heterocycles. The molecular weight excluding hydrogens is 382 g/mol. The van der Waals surface area contributed by atoms with Crippen molar-refractivity contribution < 1.29 is 4.79 Å². The Labute approximate surface area is 174 Å². The monoisotopic (exact) mass is 405 g/mol. The average Bonchev–Trinajstić information content (AvgIpc) is 3.17. The largest absolute Gasteiger partial charge is 0.325 e. The van der Waals surface area contributed by atoms with Gasteiger partial charge in [-0.05, 0) is 25.0 Å². The van der Waals surface area contributed by atoms with E-state index in [2.05, 4.69) is 20.9 Å². The van der Waals surface area contributed by atoms with Crippen molar-refractivity contribution in [2.24, 2.45) is 0 Å². The first-order chi connectivity index (χ1) is 14.3. The third kappa shape index (κ3) is 3.40. The van der Waals surface area contributed by atoms with Crippen LogP contribution in [0, 0.1) is 0 Å². The summed E-state index contributed by atoms with van der Waals surface area (Å²) in [6.45, 7) is 0. The van der Waals surface area contributed by atoms with Crippen LogP contribution in [-0.4, -0.2) is 31.6 Å². The molecule has 1 fully saturated rings. The molecule has 1 saturated carbocycles. The summed E-state index contributed by atoms with van der Waals surface area (Å²) in [4.78, 5) is 13.3. The molecule has 0 unspecified atom stereocenters. The number of nitrogens with one attached hydrogen (secondary N) is 2. The molecule has 0 radical (unpaired) electrons. The van der Waals surface area contributed by atoms with Crippen molar-refractivity contribution in [3.8, 4) is 11.4 Å². The number of carbonyl (C=O) groups excluding carboxylic acids is 1. The van der Waals surface area contributed by atoms with E-state index in [0.717, 1.165) is 47.9 Å². The molecule has 1 aliphatic carbocycles. The molecule has 3 aromatic rings. The van der Waals surface area contributed by atoms with Crippen molar-refractivity contribution in [2.45, 2.75) is 48.0 Å². The summed E-state index contributed by atoms with van der Waals surface area (Å²) >= 11 is 1.52. The van der Waals surface area contributed by atoms with E-state index in [4.69, 9.17) is 0 Å². The number of aromatic nitrogens is 3. The van der Waals surface area contributed by atoms with Crippen LogP contribution in [0.5, 0.6) is 0 Å². The number of nitrogens with zero attached hydrogens (tertiary/aromatic N) is 3. The summed E-state index contributed by atoms with van der Waals surface area (Å²) in [7, 11) is 0. The molecule has 1 atom stereocenters. The summed E-state index contributed by atoms with van der Waals surface area (Å²) in [5.74, 6) is 0.811. The van der Waals surface area contributed by atoms with Gasteiger partial charge in [-0.15, -0.1) is 10.2 Å². The van der Waals surface area contributed by atoms with E-state index in [0.29, 0.717) is 0 Å². The minimum absolute atomic E-state index is 0.0195. The van der Waals surface area contributed by atoms with E-state index in [-0.39, 0.29) is 16.7 Å². The highest BCUT2D eigenvalue weighted by atomic mass is 32.2. The minimum Gasteiger partial charge on any atom is -0.325 e. The Kier molecular flexibility index (Phi) is 4.75. The molecule has 2 aliphatic rings. The number of para-hydroxylation sites is 1. The predicted octanol–water partition coefficient (Wildman–Crippen LogP) is 4.30. The number of amides is 1. The van der Waals surface area contributed by atoms with Crippen LogP contribution in [-0.2, 0) is 4.79 Å². The van der Waals surface area contributed by atoms with Gasteiger partial charge in [-0.3, -0.25) is 4.79 Å². The van der Waals surface area contributed by atoms with Crippen LogP contribution in [0.2, 0.25) is 0 Å². The lowest BCUT2D eigenvalue weighted by Gasteiger charge is -2.46. The summed E-state index contributed by atoms with van der Waals surface area (Å²) in [6.07, 6.45) is 5.35. The van der Waals surface area contributed by atoms with Gasteiger partial charge in [0, 0.05) is 11.3 Å². The van der Waals surface area contributed by atoms with Crippen molar-refractivity contribution >= 4 is 23.4 Å². The normalized spacial score (nSPS) is 19.9. The molecular formula is C22H23N5OS. The van der Waals surface area contributed by atoms with E-state index in [1.165, 1.54) is 18.2 Å². The number of carbonyl (C=O) groups is 1. The average molecular weight is 406 g/mol. The number of hydrogen-bond acceptors (Lipinski definition) is 5. The molecule has 7 heteroatoms. The van der Waals surface area contributed by atoms with E-state index < -0.39 is 0 Å². The van der Waals surface area contributed by atoms with Gasteiger partial charge < -0.3 is 10.7 Å². The van der Waals surface area contributed by atoms with Gasteiger partial charge in [0.05, 0.1) is 5.54 Å². The Balaban J connectivity index is 1.50. The van der Waals surface area contributed by atoms with E-state index in [1.54, 1.807) is 0 Å². The zero-order chi connectivity index (χ0) is 19.7. The van der Waals surface area contributed by atoms with Gasteiger partial charge in [0.1, 0.15) is 5.25 Å². The van der Waals surface area contributed by atoms with Crippen LogP contribution < -0.4 is 10.7 Å². The molecule has 148 valence electrons. The third-order valence-corrected chi connectivity index (χ3v) is 7.13. The highest BCUT2D eigenvalue weighted by molar-refractivity contribution is 8.00. The van der Waals surface area contributed by atoms with Crippen LogP contribution in [0.1, 0.15) is 32.1 Å². The lowest BCUT2D eigenvalue weighted by atomic mass is 9.79. The number of hydrogen-bond donors (Lipinski definition) is 2. The molecule has 0 saturated heterocycles. The van der Waals surface area contributed by atoms with E-state index >= 15 is 0 Å². The molecule has 2 aromatic carbocycles. The SMILES string of the molecule is O=C(Nc1ccccc1)[C@@H]1Sc2nnc(-c3ccccc3)n2NC12CCCCC2. The number of thioether (sulfide) groups is 1. The second-order valence-corrected chi connectivity index (χ2v) is 8.76. The summed E-state index contributed by atoms with van der Waals surface area (Å²) in [6, 6.07) is 19.7. The van der Waals surface area contributed by atoms with Crippen LogP contribution >= 0.6 is 11.8 Å². The first-order valence-corrected chi connectivity index (χ1v) is 10.9. The second-order valence-electron chi connectivity index (χ2n) is 7.69. The molecule has 6 nitrogen and oxygen atoms in total. The van der Waals surface area contributed by atoms with Crippen molar-refractivity contribution in [1.82, 2.24) is 14.9 Å². The first kappa shape index (κ1) is 18.2. The van der Waals surface area contributed by atoms with Crippen LogP contribution in [0.3, 0.4) is 0 Å². The van der Waals surface area contributed by atoms with E-state index in [1.807, 2.05) is 65.3 Å². The van der Waals surface area contributed by atoms with Gasteiger partial charge in [-0.2, -0.15) is 0 Å². The Bertz CT molecular complexity index is 999. The fourth-order valence-corrected chi connectivity index (χ4v) is 5.53. The van der Waals surface area contributed by atoms with E-state index in [9.17, 15) is 4.79 Å². The Hall–Kier alpha value is -2.80. The molecule has 0 bridgehead atoms. The van der Waals surface area contributed by atoms with Gasteiger partial charge in [-0.25, -0.2) is 4.68 Å². The predicted molar refractivity (Wildman–Crippen MR) is 115 cm³/mol. The lowest BCUT2D eigenvalue weighted by molar-refractivity contribution is -0.117. The number of fused-ring (bicyclic) bond motifs is 1. The molecule has 1 spiro atoms. The highest BCUT2D eigenvalue weighted by Gasteiger charge is 2.49. The van der Waals surface area contributed by atoms with Gasteiger partial charge >= 0.3 is 0 Å². The number of rotatable bonds is 3. The van der Waals surface area contributed by atoms with Crippen molar-refractivity contribution in [3.63, 3.8) is 0 Å².